The van der Waals surface area contributed by atoms with Crippen LogP contribution < -0.4 is 4.74 Å². The number of nitrogens with zero attached hydrogens (tertiary/aromatic N) is 3. The van der Waals surface area contributed by atoms with Crippen LogP contribution in [0.5, 0.6) is 5.75 Å². The van der Waals surface area contributed by atoms with Crippen LogP contribution in [0.15, 0.2) is 72.3 Å². The monoisotopic (exact) mass is 451 g/mol. The van der Waals surface area contributed by atoms with E-state index in [4.69, 9.17) is 4.74 Å². The summed E-state index contributed by atoms with van der Waals surface area (Å²) in [6.45, 7) is 3.86. The van der Waals surface area contributed by atoms with Crippen molar-refractivity contribution in [1.82, 2.24) is 4.98 Å². The lowest BCUT2D eigenvalue weighted by atomic mass is 10.1. The molecule has 4 nitrogen and oxygen atoms in total. The van der Waals surface area contributed by atoms with Crippen LogP contribution in [0.3, 0.4) is 0 Å². The minimum atomic E-state index is -4.73. The number of hydrogen-bond acceptors (Lipinski definition) is 5. The maximum atomic E-state index is 13.7. The Bertz CT molecular complexity index is 1210. The van der Waals surface area contributed by atoms with E-state index in [0.717, 1.165) is 17.8 Å². The molecule has 0 bridgehead atoms. The summed E-state index contributed by atoms with van der Waals surface area (Å²) in [6.07, 6.45) is -3.14. The fraction of sp³-hybridized carbons (Fsp3) is 0.125. The lowest BCUT2D eigenvalue weighted by molar-refractivity contribution is -0.138. The molecule has 0 amide bonds. The Kier molecular flexibility index (Phi) is 7.19. The summed E-state index contributed by atoms with van der Waals surface area (Å²) in [4.78, 5) is 4.35. The van der Waals surface area contributed by atoms with Crippen LogP contribution in [0.2, 0.25) is 0 Å². The fourth-order valence-electron chi connectivity index (χ4n) is 2.88. The van der Waals surface area contributed by atoms with E-state index in [0.29, 0.717) is 29.0 Å². The third-order valence-electron chi connectivity index (χ3n) is 4.42. The second-order valence-electron chi connectivity index (χ2n) is 6.53. The van der Waals surface area contributed by atoms with Crippen molar-refractivity contribution in [2.75, 3.05) is 6.61 Å². The summed E-state index contributed by atoms with van der Waals surface area (Å²) in [5.41, 5.74) is 0.0155. The van der Waals surface area contributed by atoms with Crippen LogP contribution in [0.4, 0.5) is 13.2 Å². The normalized spacial score (nSPS) is 10.8. The Labute approximate surface area is 187 Å². The SMILES string of the molecule is C=CCOc1ccc(-c2cc(C(F)(F)F)c(C#N)c(SCc3ccccc3C#N)n2)cc1. The second kappa shape index (κ2) is 10.0. The topological polar surface area (TPSA) is 69.7 Å². The van der Waals surface area contributed by atoms with Crippen LogP contribution >= 0.6 is 11.8 Å². The van der Waals surface area contributed by atoms with Gasteiger partial charge in [-0.15, -0.1) is 11.8 Å². The Morgan fingerprint density at radius 1 is 1.06 bits per heavy atom. The molecule has 0 aliphatic carbocycles. The summed E-state index contributed by atoms with van der Waals surface area (Å²) < 4.78 is 46.6. The summed E-state index contributed by atoms with van der Waals surface area (Å²) in [7, 11) is 0. The van der Waals surface area contributed by atoms with Gasteiger partial charge in [-0.2, -0.15) is 23.7 Å². The summed E-state index contributed by atoms with van der Waals surface area (Å²) in [6, 6.07) is 17.8. The van der Waals surface area contributed by atoms with Gasteiger partial charge in [0.25, 0.3) is 0 Å². The molecule has 3 rings (SSSR count). The first kappa shape index (κ1) is 22.9. The molecule has 160 valence electrons. The Morgan fingerprint density at radius 2 is 1.78 bits per heavy atom. The van der Waals surface area contributed by atoms with E-state index in [1.165, 1.54) is 0 Å². The number of aromatic nitrogens is 1. The number of ether oxygens (including phenoxy) is 1. The van der Waals surface area contributed by atoms with Crippen molar-refractivity contribution in [3.05, 3.63) is 89.5 Å². The predicted molar refractivity (Wildman–Crippen MR) is 116 cm³/mol. The molecule has 0 saturated carbocycles. The zero-order chi connectivity index (χ0) is 23.1. The molecule has 1 heterocycles. The first-order valence-electron chi connectivity index (χ1n) is 9.34. The van der Waals surface area contributed by atoms with Gasteiger partial charge in [0.1, 0.15) is 23.5 Å². The van der Waals surface area contributed by atoms with Crippen molar-refractivity contribution in [2.24, 2.45) is 0 Å². The van der Waals surface area contributed by atoms with Crippen LogP contribution in [-0.4, -0.2) is 11.6 Å². The molecular formula is C24H16F3N3OS. The van der Waals surface area contributed by atoms with Crippen LogP contribution in [-0.2, 0) is 11.9 Å². The van der Waals surface area contributed by atoms with Gasteiger partial charge in [-0.1, -0.05) is 30.9 Å². The van der Waals surface area contributed by atoms with E-state index >= 15 is 0 Å². The molecule has 32 heavy (non-hydrogen) atoms. The van der Waals surface area contributed by atoms with Crippen LogP contribution in [0.1, 0.15) is 22.3 Å². The lowest BCUT2D eigenvalue weighted by Gasteiger charge is -2.15. The molecule has 0 spiro atoms. The molecular weight excluding hydrogens is 435 g/mol. The third-order valence-corrected chi connectivity index (χ3v) is 5.45. The minimum Gasteiger partial charge on any atom is -0.490 e. The van der Waals surface area contributed by atoms with Gasteiger partial charge in [-0.3, -0.25) is 0 Å². The smallest absolute Gasteiger partial charge is 0.417 e. The largest absolute Gasteiger partial charge is 0.490 e. The number of hydrogen-bond donors (Lipinski definition) is 0. The average Bonchev–Trinajstić information content (AvgIpc) is 2.80. The van der Waals surface area contributed by atoms with Crippen molar-refractivity contribution in [3.63, 3.8) is 0 Å². The zero-order valence-electron chi connectivity index (χ0n) is 16.7. The summed E-state index contributed by atoms with van der Waals surface area (Å²) in [5, 5.41) is 18.7. The highest BCUT2D eigenvalue weighted by Gasteiger charge is 2.36. The first-order valence-corrected chi connectivity index (χ1v) is 10.3. The van der Waals surface area contributed by atoms with E-state index in [9.17, 15) is 23.7 Å². The molecule has 0 fully saturated rings. The molecule has 0 aliphatic heterocycles. The van der Waals surface area contributed by atoms with Gasteiger partial charge in [0, 0.05) is 11.3 Å². The van der Waals surface area contributed by atoms with Gasteiger partial charge in [0.2, 0.25) is 0 Å². The van der Waals surface area contributed by atoms with Gasteiger partial charge >= 0.3 is 6.18 Å². The maximum Gasteiger partial charge on any atom is 0.417 e. The average molecular weight is 451 g/mol. The molecule has 0 aliphatic rings. The highest BCUT2D eigenvalue weighted by atomic mass is 32.2. The van der Waals surface area contributed by atoms with E-state index in [1.54, 1.807) is 60.7 Å². The van der Waals surface area contributed by atoms with Gasteiger partial charge in [0.05, 0.1) is 28.5 Å². The number of nitriles is 2. The zero-order valence-corrected chi connectivity index (χ0v) is 17.5. The molecule has 0 saturated heterocycles. The van der Waals surface area contributed by atoms with Crippen molar-refractivity contribution in [1.29, 1.82) is 10.5 Å². The fourth-order valence-corrected chi connectivity index (χ4v) is 3.89. The van der Waals surface area contributed by atoms with Crippen LogP contribution in [0.25, 0.3) is 11.3 Å². The molecule has 2 aromatic carbocycles. The molecule has 1 aromatic heterocycles. The van der Waals surface area contributed by atoms with Crippen molar-refractivity contribution < 1.29 is 17.9 Å². The summed E-state index contributed by atoms with van der Waals surface area (Å²) >= 11 is 0.987. The standard InChI is InChI=1S/C24H16F3N3OS/c1-2-11-31-19-9-7-16(8-10-19)22-12-21(24(25,26)27)20(14-29)23(30-22)32-15-18-6-4-3-5-17(18)13-28/h2-10,12H,1,11,15H2. The number of thioether (sulfide) groups is 1. The van der Waals surface area contributed by atoms with E-state index in [-0.39, 0.29) is 16.5 Å². The molecule has 0 atom stereocenters. The molecule has 8 heteroatoms. The van der Waals surface area contributed by atoms with E-state index in [1.807, 2.05) is 0 Å². The second-order valence-corrected chi connectivity index (χ2v) is 7.49. The van der Waals surface area contributed by atoms with Gasteiger partial charge in [-0.05, 0) is 42.0 Å². The first-order chi connectivity index (χ1) is 15.4. The molecule has 0 radical (unpaired) electrons. The van der Waals surface area contributed by atoms with Gasteiger partial charge < -0.3 is 4.74 Å². The molecule has 3 aromatic rings. The van der Waals surface area contributed by atoms with Gasteiger partial charge in [0.15, 0.2) is 0 Å². The summed E-state index contributed by atoms with van der Waals surface area (Å²) in [5.74, 6) is 0.738. The number of pyridine rings is 1. The third kappa shape index (κ3) is 5.29. The number of halogens is 3. The van der Waals surface area contributed by atoms with Crippen molar-refractivity contribution in [3.8, 4) is 29.1 Å². The van der Waals surface area contributed by atoms with E-state index < -0.39 is 17.3 Å². The van der Waals surface area contributed by atoms with Gasteiger partial charge in [-0.25, -0.2) is 4.98 Å². The Balaban J connectivity index is 2.03. The van der Waals surface area contributed by atoms with Crippen molar-refractivity contribution >= 4 is 11.8 Å². The number of rotatable bonds is 7. The Hall–Kier alpha value is -3.75. The molecule has 0 unspecified atom stereocenters. The van der Waals surface area contributed by atoms with E-state index in [2.05, 4.69) is 17.6 Å². The maximum absolute atomic E-state index is 13.7. The van der Waals surface area contributed by atoms with Crippen LogP contribution in [0, 0.1) is 22.7 Å². The van der Waals surface area contributed by atoms with Crippen molar-refractivity contribution in [2.45, 2.75) is 17.0 Å². The Morgan fingerprint density at radius 3 is 2.41 bits per heavy atom. The highest BCUT2D eigenvalue weighted by Crippen LogP contribution is 2.39. The molecule has 0 N–H and O–H groups in total. The minimum absolute atomic E-state index is 0.0444. The number of benzene rings is 2. The lowest BCUT2D eigenvalue weighted by Crippen LogP contribution is -2.10. The quantitative estimate of drug-likeness (QED) is 0.308. The predicted octanol–water partition coefficient (Wildman–Crippen LogP) is 6.37. The number of alkyl halides is 3. The highest BCUT2D eigenvalue weighted by molar-refractivity contribution is 7.98.